The van der Waals surface area contributed by atoms with Gasteiger partial charge in [0.1, 0.15) is 97.4 Å². The first-order chi connectivity index (χ1) is 35.5. The van der Waals surface area contributed by atoms with Crippen molar-refractivity contribution in [2.45, 2.75) is 227 Å². The molecule has 29 heteroatoms. The van der Waals surface area contributed by atoms with Crippen LogP contribution in [0.25, 0.3) is 0 Å². The lowest BCUT2D eigenvalue weighted by atomic mass is 9.93. The lowest BCUT2D eigenvalue weighted by molar-refractivity contribution is -0.361. The number of ether oxygens (including phenoxy) is 7. The normalized spacial score (nSPS) is 36.5. The van der Waals surface area contributed by atoms with E-state index in [4.69, 9.17) is 33.2 Å². The van der Waals surface area contributed by atoms with Gasteiger partial charge in [0.15, 0.2) is 25.2 Å². The summed E-state index contributed by atoms with van der Waals surface area (Å²) in [5, 5.41) is 109. The molecule has 14 N–H and O–H groups in total. The first kappa shape index (κ1) is 64.4. The minimum absolute atomic E-state index is 0.0269. The fraction of sp³-hybridized carbons (Fsp3) is 0.870. The summed E-state index contributed by atoms with van der Waals surface area (Å²) < 4.78 is 77.9. The lowest BCUT2D eigenvalue weighted by Crippen LogP contribution is -2.71. The summed E-state index contributed by atoms with van der Waals surface area (Å²) in [5.74, 6) is -2.91. The van der Waals surface area contributed by atoms with Gasteiger partial charge in [0.25, 0.3) is 0 Å². The first-order valence-corrected chi connectivity index (χ1v) is 26.8. The van der Waals surface area contributed by atoms with E-state index in [0.717, 1.165) is 59.3 Å². The van der Waals surface area contributed by atoms with Crippen LogP contribution in [0, 0.1) is 0 Å². The van der Waals surface area contributed by atoms with Crippen molar-refractivity contribution in [3.05, 3.63) is 12.2 Å². The van der Waals surface area contributed by atoms with Crippen molar-refractivity contribution >= 4 is 34.0 Å². The summed E-state index contributed by atoms with van der Waals surface area (Å²) in [5.41, 5.74) is 0. The summed E-state index contributed by atoms with van der Waals surface area (Å²) in [4.78, 5) is 50.5. The number of nitrogens with one attached hydrogen (secondary N) is 4. The van der Waals surface area contributed by atoms with Crippen molar-refractivity contribution in [1.82, 2.24) is 21.3 Å². The maximum Gasteiger partial charge on any atom is 0.397 e. The van der Waals surface area contributed by atoms with Crippen LogP contribution < -0.4 is 21.3 Å². The second kappa shape index (κ2) is 31.4. The molecule has 4 rings (SSSR count). The number of carbonyl (C=O) groups excluding carboxylic acids is 4. The number of aliphatic hydroxyl groups excluding tert-OH is 9. The molecule has 4 fully saturated rings. The van der Waals surface area contributed by atoms with Gasteiger partial charge < -0.3 is 100 Å². The molecule has 0 aromatic carbocycles. The Hall–Kier alpha value is -3.15. The monoisotopic (exact) mass is 1100 g/mol. The predicted molar refractivity (Wildman–Crippen MR) is 255 cm³/mol. The Morgan fingerprint density at radius 3 is 1.36 bits per heavy atom. The highest BCUT2D eigenvalue weighted by Gasteiger charge is 2.56. The van der Waals surface area contributed by atoms with Crippen molar-refractivity contribution < 1.29 is 115 Å². The molecule has 20 atom stereocenters. The molecule has 434 valence electrons. The Labute approximate surface area is 435 Å². The molecular formula is C46H80N4O24S. The molecule has 0 spiro atoms. The van der Waals surface area contributed by atoms with Gasteiger partial charge in [-0.15, -0.1) is 0 Å². The third-order valence-corrected chi connectivity index (χ3v) is 13.6. The highest BCUT2D eigenvalue weighted by atomic mass is 32.3. The smallest absolute Gasteiger partial charge is 0.394 e. The molecule has 4 amide bonds. The van der Waals surface area contributed by atoms with Gasteiger partial charge in [-0.05, 0) is 32.1 Å². The molecule has 4 heterocycles. The summed E-state index contributed by atoms with van der Waals surface area (Å²) in [6.07, 6.45) is -13.5. The number of hydrogen-bond acceptors (Lipinski definition) is 23. The number of amides is 4. The second-order valence-electron chi connectivity index (χ2n) is 19.1. The zero-order valence-electron chi connectivity index (χ0n) is 42.6. The Morgan fingerprint density at radius 1 is 0.507 bits per heavy atom. The van der Waals surface area contributed by atoms with E-state index in [1.807, 2.05) is 0 Å². The van der Waals surface area contributed by atoms with Gasteiger partial charge in [-0.1, -0.05) is 57.6 Å². The molecule has 0 saturated carbocycles. The van der Waals surface area contributed by atoms with Crippen LogP contribution in [0.5, 0.6) is 0 Å². The molecular weight excluding hydrogens is 1020 g/mol. The highest BCUT2D eigenvalue weighted by Crippen LogP contribution is 2.35. The van der Waals surface area contributed by atoms with Gasteiger partial charge in [-0.2, -0.15) is 8.42 Å². The van der Waals surface area contributed by atoms with Crippen LogP contribution in [-0.2, 0) is 66.9 Å². The van der Waals surface area contributed by atoms with Gasteiger partial charge in [-0.25, -0.2) is 4.18 Å². The molecule has 4 aliphatic rings. The molecule has 0 radical (unpaired) electrons. The van der Waals surface area contributed by atoms with Crippen LogP contribution in [-0.4, -0.2) is 232 Å². The molecule has 1 unspecified atom stereocenters. The molecule has 75 heavy (non-hydrogen) atoms. The van der Waals surface area contributed by atoms with Crippen LogP contribution in [0.3, 0.4) is 0 Å². The van der Waals surface area contributed by atoms with Gasteiger partial charge in [0.05, 0.1) is 26.4 Å². The molecule has 0 aromatic rings. The van der Waals surface area contributed by atoms with E-state index in [-0.39, 0.29) is 6.42 Å². The Kier molecular flexibility index (Phi) is 27.0. The van der Waals surface area contributed by atoms with Crippen LogP contribution in [0.1, 0.15) is 105 Å². The maximum absolute atomic E-state index is 13.3. The number of hydrogen-bond donors (Lipinski definition) is 14. The van der Waals surface area contributed by atoms with Crippen molar-refractivity contribution in [3.8, 4) is 0 Å². The second-order valence-corrected chi connectivity index (χ2v) is 20.2. The third kappa shape index (κ3) is 19.3. The Morgan fingerprint density at radius 2 is 0.907 bits per heavy atom. The van der Waals surface area contributed by atoms with Gasteiger partial charge in [-0.3, -0.25) is 23.7 Å². The minimum atomic E-state index is -5.15. The topological polar surface area (TPSA) is 427 Å². The molecule has 0 aliphatic carbocycles. The van der Waals surface area contributed by atoms with Crippen LogP contribution >= 0.6 is 0 Å². The standard InChI is InChI=1S/C46H80N4O24S/c1-5-6-7-8-9-10-11-12-13-14-15-16-17-18-30(57)50-32-36(59)35(58)26(19-51)69-44(32)72-40-27(20-52)70-45(33(38(40)61)48-24(3)55)73-41-28(21-53)71-46(34(39(41)62)49-25(4)56)74-42-29(22-67-75(64,65)66)68-43(63)31(37(42)60)47-23(2)54/h10-11,26-29,31-46,51-53,58-63H,5-9,12-22H2,1-4H3,(H,47,54)(H,48,55)(H,49,56)(H,50,57)(H,64,65,66)/b11-10-/t26-,27-,28-,29-,31-,32-,33-,34-,35-,36-,37-,38-,39-,40-,41-,42-,43?,44+,45+,46+/m1/s1. The van der Waals surface area contributed by atoms with E-state index in [1.54, 1.807) is 0 Å². The highest BCUT2D eigenvalue weighted by molar-refractivity contribution is 7.80. The average molecular weight is 1110 g/mol. The van der Waals surface area contributed by atoms with Crippen molar-refractivity contribution in [1.29, 1.82) is 0 Å². The number of allylic oxidation sites excluding steroid dienone is 2. The maximum atomic E-state index is 13.3. The lowest BCUT2D eigenvalue weighted by Gasteiger charge is -2.51. The van der Waals surface area contributed by atoms with Crippen LogP contribution in [0.15, 0.2) is 12.2 Å². The number of aliphatic hydroxyl groups is 9. The summed E-state index contributed by atoms with van der Waals surface area (Å²) in [6.45, 7) is 1.40. The van der Waals surface area contributed by atoms with E-state index in [9.17, 15) is 78.1 Å². The third-order valence-electron chi connectivity index (χ3n) is 13.1. The first-order valence-electron chi connectivity index (χ1n) is 25.4. The van der Waals surface area contributed by atoms with E-state index < -0.39 is 183 Å². The van der Waals surface area contributed by atoms with E-state index in [2.05, 4.69) is 44.5 Å². The Balaban J connectivity index is 1.50. The van der Waals surface area contributed by atoms with Crippen molar-refractivity contribution in [3.63, 3.8) is 0 Å². The van der Waals surface area contributed by atoms with Crippen molar-refractivity contribution in [2.24, 2.45) is 0 Å². The van der Waals surface area contributed by atoms with Gasteiger partial charge in [0, 0.05) is 27.2 Å². The fourth-order valence-electron chi connectivity index (χ4n) is 9.34. The van der Waals surface area contributed by atoms with E-state index >= 15 is 0 Å². The van der Waals surface area contributed by atoms with E-state index in [0.29, 0.717) is 6.42 Å². The average Bonchev–Trinajstić information content (AvgIpc) is 3.34. The van der Waals surface area contributed by atoms with Crippen molar-refractivity contribution in [2.75, 3.05) is 26.4 Å². The van der Waals surface area contributed by atoms with Gasteiger partial charge >= 0.3 is 10.4 Å². The predicted octanol–water partition coefficient (Wildman–Crippen LogP) is -4.11. The quantitative estimate of drug-likeness (QED) is 0.0192. The molecule has 4 aliphatic heterocycles. The SMILES string of the molecule is CCCCCC/C=C\CCCCCCCC(=O)N[C@H]1[C@H](O[C@H]2[C@H](O)[C@@H](NC(C)=O)[C@H](O[C@H]3[C@H](O)[C@@H](NC(C)=O)[C@H](O[C@H]4[C@H](O)[C@@H](NC(C)=O)C(O)O[C@@H]4COS(=O)(=O)O)O[C@@H]3CO)O[C@@H]2CO)O[C@H](CO)[C@@H](O)[C@@H]1O. The molecule has 0 aromatic heterocycles. The number of carbonyl (C=O) groups is 4. The summed E-state index contributed by atoms with van der Waals surface area (Å²) in [7, 11) is -5.15. The number of rotatable bonds is 29. The van der Waals surface area contributed by atoms with Crippen LogP contribution in [0.4, 0.5) is 0 Å². The largest absolute Gasteiger partial charge is 0.397 e. The molecule has 4 saturated heterocycles. The molecule has 0 bridgehead atoms. The minimum Gasteiger partial charge on any atom is -0.394 e. The summed E-state index contributed by atoms with van der Waals surface area (Å²) >= 11 is 0. The zero-order chi connectivity index (χ0) is 55.6. The van der Waals surface area contributed by atoms with Crippen LogP contribution in [0.2, 0.25) is 0 Å². The number of unbranched alkanes of at least 4 members (excludes halogenated alkanes) is 9. The molecule has 28 nitrogen and oxygen atoms in total. The zero-order valence-corrected chi connectivity index (χ0v) is 43.4. The fourth-order valence-corrected chi connectivity index (χ4v) is 9.64. The van der Waals surface area contributed by atoms with E-state index in [1.165, 1.54) is 25.7 Å². The Bertz CT molecular complexity index is 1910. The van der Waals surface area contributed by atoms with Gasteiger partial charge in [0.2, 0.25) is 23.6 Å². The summed E-state index contributed by atoms with van der Waals surface area (Å²) in [6, 6.07) is -6.58.